The molecule has 0 aromatic heterocycles. The Hall–Kier alpha value is -2.77. The average molecular weight is 408 g/mol. The molecule has 0 bridgehead atoms. The standard InChI is InChI=1S/C29H27S/c1-20-9-13-22(14-10-20)30(23-15-11-21(2)12-16-23)24-17-18-26-25-7-5-6-8-27(25)29(3,4)28(26)19-24/h5-19H,1-4H3/q+1. The lowest BCUT2D eigenvalue weighted by molar-refractivity contribution is 0.658. The molecule has 4 aromatic carbocycles. The second kappa shape index (κ2) is 7.18. The monoisotopic (exact) mass is 407 g/mol. The minimum atomic E-state index is -0.122. The van der Waals surface area contributed by atoms with Gasteiger partial charge < -0.3 is 0 Å². The summed E-state index contributed by atoms with van der Waals surface area (Å²) in [5.74, 6) is 0. The van der Waals surface area contributed by atoms with Gasteiger partial charge in [0.25, 0.3) is 0 Å². The molecule has 4 aromatic rings. The highest BCUT2D eigenvalue weighted by molar-refractivity contribution is 7.97. The van der Waals surface area contributed by atoms with E-state index in [9.17, 15) is 0 Å². The summed E-state index contributed by atoms with van der Waals surface area (Å²) in [6.45, 7) is 9.03. The molecule has 0 radical (unpaired) electrons. The van der Waals surface area contributed by atoms with Crippen molar-refractivity contribution in [2.45, 2.75) is 47.8 Å². The minimum absolute atomic E-state index is 0.0253. The van der Waals surface area contributed by atoms with Gasteiger partial charge in [-0.05, 0) is 78.6 Å². The number of aryl methyl sites for hydroxylation is 2. The predicted octanol–water partition coefficient (Wildman–Crippen LogP) is 7.71. The van der Waals surface area contributed by atoms with E-state index in [4.69, 9.17) is 0 Å². The Labute approximate surface area is 183 Å². The molecule has 30 heavy (non-hydrogen) atoms. The summed E-state index contributed by atoms with van der Waals surface area (Å²) in [5.41, 5.74) is 8.27. The number of fused-ring (bicyclic) bond motifs is 3. The molecule has 1 aliphatic carbocycles. The van der Waals surface area contributed by atoms with Crippen LogP contribution in [0.25, 0.3) is 11.1 Å². The van der Waals surface area contributed by atoms with Gasteiger partial charge in [-0.2, -0.15) is 0 Å². The highest BCUT2D eigenvalue weighted by Crippen LogP contribution is 2.49. The van der Waals surface area contributed by atoms with Crippen LogP contribution in [0.4, 0.5) is 0 Å². The lowest BCUT2D eigenvalue weighted by atomic mass is 9.82. The van der Waals surface area contributed by atoms with Gasteiger partial charge in [-0.25, -0.2) is 0 Å². The third-order valence-electron chi connectivity index (χ3n) is 6.30. The van der Waals surface area contributed by atoms with E-state index in [2.05, 4.69) is 119 Å². The summed E-state index contributed by atoms with van der Waals surface area (Å²) >= 11 is 0. The predicted molar refractivity (Wildman–Crippen MR) is 129 cm³/mol. The van der Waals surface area contributed by atoms with Crippen LogP contribution >= 0.6 is 0 Å². The molecule has 0 atom stereocenters. The first-order chi connectivity index (χ1) is 14.4. The van der Waals surface area contributed by atoms with Crippen LogP contribution in [0.1, 0.15) is 36.1 Å². The van der Waals surface area contributed by atoms with Crippen molar-refractivity contribution >= 4 is 10.9 Å². The molecule has 0 saturated carbocycles. The van der Waals surface area contributed by atoms with Crippen molar-refractivity contribution in [3.8, 4) is 11.1 Å². The second-order valence-corrected chi connectivity index (χ2v) is 10.8. The third-order valence-corrected chi connectivity index (χ3v) is 8.52. The molecule has 0 heterocycles. The van der Waals surface area contributed by atoms with Crippen molar-refractivity contribution in [2.75, 3.05) is 0 Å². The van der Waals surface area contributed by atoms with Crippen LogP contribution < -0.4 is 0 Å². The van der Waals surface area contributed by atoms with E-state index in [1.165, 1.54) is 48.1 Å². The summed E-state index contributed by atoms with van der Waals surface area (Å²) in [4.78, 5) is 4.14. The number of rotatable bonds is 3. The van der Waals surface area contributed by atoms with Gasteiger partial charge in [-0.15, -0.1) is 0 Å². The van der Waals surface area contributed by atoms with E-state index in [0.717, 1.165) is 0 Å². The SMILES string of the molecule is Cc1ccc([S+](c2ccc(C)cc2)c2ccc3c(c2)C(C)(C)c2ccccc2-3)cc1. The van der Waals surface area contributed by atoms with E-state index in [1.807, 2.05) is 0 Å². The lowest BCUT2D eigenvalue weighted by Gasteiger charge is -2.21. The summed E-state index contributed by atoms with van der Waals surface area (Å²) < 4.78 is 0. The van der Waals surface area contributed by atoms with Crippen LogP contribution in [0.15, 0.2) is 106 Å². The first-order valence-electron chi connectivity index (χ1n) is 10.6. The normalized spacial score (nSPS) is 13.9. The number of benzene rings is 4. The van der Waals surface area contributed by atoms with Crippen LogP contribution in [-0.4, -0.2) is 0 Å². The highest BCUT2D eigenvalue weighted by atomic mass is 32.2. The van der Waals surface area contributed by atoms with E-state index in [1.54, 1.807) is 0 Å². The van der Waals surface area contributed by atoms with Gasteiger partial charge in [0.15, 0.2) is 14.7 Å². The Morgan fingerprint density at radius 3 is 1.63 bits per heavy atom. The van der Waals surface area contributed by atoms with Gasteiger partial charge in [-0.1, -0.05) is 73.5 Å². The van der Waals surface area contributed by atoms with E-state index < -0.39 is 0 Å². The van der Waals surface area contributed by atoms with Crippen molar-refractivity contribution in [1.82, 2.24) is 0 Å². The Kier molecular flexibility index (Phi) is 4.60. The molecule has 148 valence electrons. The van der Waals surface area contributed by atoms with Gasteiger partial charge in [-0.3, -0.25) is 0 Å². The molecule has 1 heteroatoms. The van der Waals surface area contributed by atoms with E-state index >= 15 is 0 Å². The van der Waals surface area contributed by atoms with Gasteiger partial charge in [0.05, 0.1) is 10.9 Å². The molecule has 1 aliphatic rings. The zero-order valence-electron chi connectivity index (χ0n) is 18.1. The molecule has 0 saturated heterocycles. The second-order valence-electron chi connectivity index (χ2n) is 8.81. The maximum Gasteiger partial charge on any atom is 0.166 e. The highest BCUT2D eigenvalue weighted by Gasteiger charge is 2.38. The smallest absolute Gasteiger partial charge is 0.0619 e. The maximum absolute atomic E-state index is 2.47. The fraction of sp³-hybridized carbons (Fsp3) is 0.172. The summed E-state index contributed by atoms with van der Waals surface area (Å²) in [6.07, 6.45) is 0. The molecule has 0 spiro atoms. The average Bonchev–Trinajstić information content (AvgIpc) is 2.98. The molecular formula is C29H27S+. The Balaban J connectivity index is 1.69. The Morgan fingerprint density at radius 2 is 1.03 bits per heavy atom. The quantitative estimate of drug-likeness (QED) is 0.305. The van der Waals surface area contributed by atoms with Crippen molar-refractivity contribution in [3.05, 3.63) is 113 Å². The van der Waals surface area contributed by atoms with Crippen LogP contribution in [-0.2, 0) is 16.3 Å². The van der Waals surface area contributed by atoms with E-state index in [-0.39, 0.29) is 16.3 Å². The van der Waals surface area contributed by atoms with Crippen molar-refractivity contribution in [2.24, 2.45) is 0 Å². The molecule has 0 unspecified atom stereocenters. The zero-order chi connectivity index (χ0) is 20.9. The fourth-order valence-corrected chi connectivity index (χ4v) is 6.64. The summed E-state index contributed by atoms with van der Waals surface area (Å²) in [7, 11) is -0.122. The molecule has 0 aliphatic heterocycles. The van der Waals surface area contributed by atoms with Crippen LogP contribution in [0.5, 0.6) is 0 Å². The summed E-state index contributed by atoms with van der Waals surface area (Å²) in [6, 6.07) is 34.2. The van der Waals surface area contributed by atoms with Gasteiger partial charge >= 0.3 is 0 Å². The van der Waals surface area contributed by atoms with Gasteiger partial charge in [0.1, 0.15) is 0 Å². The molecule has 0 nitrogen and oxygen atoms in total. The third kappa shape index (κ3) is 3.09. The first-order valence-corrected chi connectivity index (χ1v) is 11.8. The fourth-order valence-electron chi connectivity index (χ4n) is 4.57. The molecular weight excluding hydrogens is 380 g/mol. The zero-order valence-corrected chi connectivity index (χ0v) is 18.9. The molecule has 5 rings (SSSR count). The van der Waals surface area contributed by atoms with Crippen molar-refractivity contribution < 1.29 is 0 Å². The topological polar surface area (TPSA) is 0 Å². The number of hydrogen-bond donors (Lipinski definition) is 0. The lowest BCUT2D eigenvalue weighted by Crippen LogP contribution is -2.16. The largest absolute Gasteiger partial charge is 0.166 e. The van der Waals surface area contributed by atoms with Gasteiger partial charge in [0, 0.05) is 5.41 Å². The Morgan fingerprint density at radius 1 is 0.533 bits per heavy atom. The minimum Gasteiger partial charge on any atom is -0.0619 e. The maximum atomic E-state index is 2.47. The van der Waals surface area contributed by atoms with Crippen LogP contribution in [0.3, 0.4) is 0 Å². The molecule has 0 fully saturated rings. The number of hydrogen-bond acceptors (Lipinski definition) is 0. The Bertz CT molecular complexity index is 1170. The van der Waals surface area contributed by atoms with E-state index in [0.29, 0.717) is 0 Å². The summed E-state index contributed by atoms with van der Waals surface area (Å²) in [5, 5.41) is 0. The van der Waals surface area contributed by atoms with Crippen molar-refractivity contribution in [1.29, 1.82) is 0 Å². The van der Waals surface area contributed by atoms with Crippen LogP contribution in [0, 0.1) is 13.8 Å². The van der Waals surface area contributed by atoms with Crippen LogP contribution in [0.2, 0.25) is 0 Å². The molecule has 0 N–H and O–H groups in total. The molecule has 0 amide bonds. The first kappa shape index (κ1) is 19.2. The van der Waals surface area contributed by atoms with Crippen molar-refractivity contribution in [3.63, 3.8) is 0 Å². The van der Waals surface area contributed by atoms with Gasteiger partial charge in [0.2, 0.25) is 0 Å².